The number of nitrogens with zero attached hydrogens (tertiary/aromatic N) is 2. The van der Waals surface area contributed by atoms with Gasteiger partial charge in [-0.2, -0.15) is 5.10 Å². The standard InChI is InChI=1S/C20H16ClN3O2S/c1-13-5-4-6-16(21)15(13)12-25-19-10-9-14(26-19)11-22-24-20-23-17-7-2-3-8-18(17)27-20/h2-11H,12H2,1H3,(H,23,24)/b22-11+. The highest BCUT2D eigenvalue weighted by Gasteiger charge is 2.07. The second kappa shape index (κ2) is 7.82. The number of para-hydroxylation sites is 1. The Morgan fingerprint density at radius 1 is 1.19 bits per heavy atom. The van der Waals surface area contributed by atoms with Crippen molar-refractivity contribution in [1.82, 2.24) is 4.98 Å². The van der Waals surface area contributed by atoms with Crippen LogP contribution in [0.3, 0.4) is 0 Å². The molecule has 0 aliphatic rings. The largest absolute Gasteiger partial charge is 0.460 e. The Hall–Kier alpha value is -2.83. The predicted octanol–water partition coefficient (Wildman–Crippen LogP) is 5.88. The van der Waals surface area contributed by atoms with E-state index in [4.69, 9.17) is 20.8 Å². The summed E-state index contributed by atoms with van der Waals surface area (Å²) in [5.41, 5.74) is 5.90. The SMILES string of the molecule is Cc1cccc(Cl)c1COc1ccc(/C=N/Nc2nc3ccccc3s2)o1. The average molecular weight is 398 g/mol. The average Bonchev–Trinajstić information content (AvgIpc) is 3.27. The quantitative estimate of drug-likeness (QED) is 0.326. The third-order valence-electron chi connectivity index (χ3n) is 3.96. The van der Waals surface area contributed by atoms with Crippen molar-refractivity contribution in [2.24, 2.45) is 5.10 Å². The highest BCUT2D eigenvalue weighted by molar-refractivity contribution is 7.22. The number of nitrogens with one attached hydrogen (secondary N) is 1. The van der Waals surface area contributed by atoms with Gasteiger partial charge in [-0.15, -0.1) is 0 Å². The van der Waals surface area contributed by atoms with Crippen LogP contribution in [-0.4, -0.2) is 11.2 Å². The van der Waals surface area contributed by atoms with Gasteiger partial charge in [0.15, 0.2) is 5.76 Å². The molecule has 27 heavy (non-hydrogen) atoms. The minimum absolute atomic E-state index is 0.347. The molecule has 0 unspecified atom stereocenters. The number of rotatable bonds is 6. The van der Waals surface area contributed by atoms with Gasteiger partial charge in [0, 0.05) is 16.7 Å². The lowest BCUT2D eigenvalue weighted by Crippen LogP contribution is -1.98. The van der Waals surface area contributed by atoms with Crippen LogP contribution in [0.5, 0.6) is 5.95 Å². The zero-order chi connectivity index (χ0) is 18.6. The molecule has 0 saturated heterocycles. The first-order valence-corrected chi connectivity index (χ1v) is 9.50. The van der Waals surface area contributed by atoms with Gasteiger partial charge < -0.3 is 9.15 Å². The molecule has 0 atom stereocenters. The maximum Gasteiger partial charge on any atom is 0.285 e. The van der Waals surface area contributed by atoms with Gasteiger partial charge >= 0.3 is 0 Å². The number of furan rings is 1. The van der Waals surface area contributed by atoms with Crippen molar-refractivity contribution in [3.8, 4) is 5.95 Å². The van der Waals surface area contributed by atoms with E-state index < -0.39 is 0 Å². The molecule has 2 aromatic carbocycles. The molecule has 0 saturated carbocycles. The van der Waals surface area contributed by atoms with E-state index in [1.165, 1.54) is 0 Å². The van der Waals surface area contributed by atoms with Gasteiger partial charge in [-0.25, -0.2) is 4.98 Å². The van der Waals surface area contributed by atoms with Crippen LogP contribution in [0.4, 0.5) is 5.13 Å². The zero-order valence-corrected chi connectivity index (χ0v) is 16.1. The molecule has 2 aromatic heterocycles. The first-order valence-electron chi connectivity index (χ1n) is 8.30. The van der Waals surface area contributed by atoms with E-state index in [0.717, 1.165) is 26.5 Å². The molecule has 0 spiro atoms. The van der Waals surface area contributed by atoms with Crippen LogP contribution in [0, 0.1) is 6.92 Å². The highest BCUT2D eigenvalue weighted by Crippen LogP contribution is 2.25. The molecule has 0 amide bonds. The molecular weight excluding hydrogens is 382 g/mol. The molecule has 2 heterocycles. The topological polar surface area (TPSA) is 59.6 Å². The second-order valence-electron chi connectivity index (χ2n) is 5.84. The van der Waals surface area contributed by atoms with Crippen LogP contribution in [0.2, 0.25) is 5.02 Å². The Morgan fingerprint density at radius 3 is 2.93 bits per heavy atom. The van der Waals surface area contributed by atoms with Gasteiger partial charge in [-0.05, 0) is 36.8 Å². The van der Waals surface area contributed by atoms with Crippen LogP contribution < -0.4 is 10.2 Å². The van der Waals surface area contributed by atoms with Crippen molar-refractivity contribution >= 4 is 44.5 Å². The number of hydrazone groups is 1. The van der Waals surface area contributed by atoms with Crippen molar-refractivity contribution in [3.63, 3.8) is 0 Å². The number of hydrogen-bond acceptors (Lipinski definition) is 6. The van der Waals surface area contributed by atoms with Crippen molar-refractivity contribution in [3.05, 3.63) is 76.5 Å². The fourth-order valence-corrected chi connectivity index (χ4v) is 3.64. The lowest BCUT2D eigenvalue weighted by Gasteiger charge is -2.08. The summed E-state index contributed by atoms with van der Waals surface area (Å²) in [6.07, 6.45) is 1.58. The molecular formula is C20H16ClN3O2S. The third kappa shape index (κ3) is 4.13. The Balaban J connectivity index is 1.37. The van der Waals surface area contributed by atoms with E-state index in [-0.39, 0.29) is 0 Å². The van der Waals surface area contributed by atoms with Crippen molar-refractivity contribution in [1.29, 1.82) is 0 Å². The van der Waals surface area contributed by atoms with Gasteiger partial charge in [-0.1, -0.05) is 47.2 Å². The van der Waals surface area contributed by atoms with Gasteiger partial charge in [0.1, 0.15) is 6.61 Å². The van der Waals surface area contributed by atoms with E-state index in [1.54, 1.807) is 29.7 Å². The van der Waals surface area contributed by atoms with Crippen LogP contribution in [0.15, 0.2) is 64.1 Å². The van der Waals surface area contributed by atoms with Gasteiger partial charge in [0.05, 0.1) is 16.4 Å². The number of ether oxygens (including phenoxy) is 1. The lowest BCUT2D eigenvalue weighted by atomic mass is 10.1. The van der Waals surface area contributed by atoms with Gasteiger partial charge in [0.25, 0.3) is 5.95 Å². The Morgan fingerprint density at radius 2 is 2.07 bits per heavy atom. The first kappa shape index (κ1) is 17.6. The summed E-state index contributed by atoms with van der Waals surface area (Å²) in [6.45, 7) is 2.35. The Labute approximate surface area is 165 Å². The molecule has 0 bridgehead atoms. The van der Waals surface area contributed by atoms with Crippen LogP contribution in [0.25, 0.3) is 10.2 Å². The number of aryl methyl sites for hydroxylation is 1. The number of fused-ring (bicyclic) bond motifs is 1. The first-order chi connectivity index (χ1) is 13.2. The zero-order valence-electron chi connectivity index (χ0n) is 14.5. The van der Waals surface area contributed by atoms with E-state index >= 15 is 0 Å². The second-order valence-corrected chi connectivity index (χ2v) is 7.28. The summed E-state index contributed by atoms with van der Waals surface area (Å²) in [6, 6.07) is 17.3. The van der Waals surface area contributed by atoms with Crippen molar-refractivity contribution in [2.45, 2.75) is 13.5 Å². The number of thiazole rings is 1. The molecule has 136 valence electrons. The molecule has 0 radical (unpaired) electrons. The maximum atomic E-state index is 6.21. The number of benzene rings is 2. The molecule has 5 nitrogen and oxygen atoms in total. The molecule has 4 rings (SSSR count). The molecule has 4 aromatic rings. The Kier molecular flexibility index (Phi) is 5.09. The normalized spacial score (nSPS) is 11.3. The van der Waals surface area contributed by atoms with E-state index in [1.807, 2.05) is 49.4 Å². The molecule has 0 fully saturated rings. The molecule has 0 aliphatic heterocycles. The fourth-order valence-electron chi connectivity index (χ4n) is 2.55. The monoisotopic (exact) mass is 397 g/mol. The third-order valence-corrected chi connectivity index (χ3v) is 5.26. The summed E-state index contributed by atoms with van der Waals surface area (Å²) in [5, 5.41) is 5.58. The van der Waals surface area contributed by atoms with Crippen molar-refractivity contribution < 1.29 is 9.15 Å². The highest BCUT2D eigenvalue weighted by atomic mass is 35.5. The fraction of sp³-hybridized carbons (Fsp3) is 0.100. The summed E-state index contributed by atoms with van der Waals surface area (Å²) >= 11 is 7.75. The molecule has 1 N–H and O–H groups in total. The van der Waals surface area contributed by atoms with E-state index in [9.17, 15) is 0 Å². The van der Waals surface area contributed by atoms with Gasteiger partial charge in [-0.3, -0.25) is 5.43 Å². The number of anilines is 1. The molecule has 0 aliphatic carbocycles. The summed E-state index contributed by atoms with van der Waals surface area (Å²) in [7, 11) is 0. The minimum atomic E-state index is 0.347. The summed E-state index contributed by atoms with van der Waals surface area (Å²) < 4.78 is 12.4. The van der Waals surface area contributed by atoms with Gasteiger partial charge in [0.2, 0.25) is 5.13 Å². The molecule has 7 heteroatoms. The number of halogens is 1. The number of hydrogen-bond donors (Lipinski definition) is 1. The van der Waals surface area contributed by atoms with Crippen LogP contribution in [-0.2, 0) is 6.61 Å². The van der Waals surface area contributed by atoms with Crippen LogP contribution in [0.1, 0.15) is 16.9 Å². The number of aromatic nitrogens is 1. The predicted molar refractivity (Wildman–Crippen MR) is 110 cm³/mol. The van der Waals surface area contributed by atoms with E-state index in [2.05, 4.69) is 15.5 Å². The summed E-state index contributed by atoms with van der Waals surface area (Å²) in [5.74, 6) is 0.991. The van der Waals surface area contributed by atoms with Crippen molar-refractivity contribution in [2.75, 3.05) is 5.43 Å². The summed E-state index contributed by atoms with van der Waals surface area (Å²) in [4.78, 5) is 4.45. The van der Waals surface area contributed by atoms with Crippen LogP contribution >= 0.6 is 22.9 Å². The van der Waals surface area contributed by atoms with E-state index in [0.29, 0.717) is 23.3 Å². The Bertz CT molecular complexity index is 1050. The minimum Gasteiger partial charge on any atom is -0.460 e. The maximum absolute atomic E-state index is 6.21. The lowest BCUT2D eigenvalue weighted by molar-refractivity contribution is 0.231. The smallest absolute Gasteiger partial charge is 0.285 e.